The van der Waals surface area contributed by atoms with Crippen molar-refractivity contribution in [1.82, 2.24) is 20.2 Å². The van der Waals surface area contributed by atoms with Crippen molar-refractivity contribution in [3.8, 4) is 11.1 Å². The van der Waals surface area contributed by atoms with Crippen molar-refractivity contribution in [2.75, 3.05) is 37.6 Å². The average Bonchev–Trinajstić information content (AvgIpc) is 3.25. The first-order chi connectivity index (χ1) is 27.4. The number of aliphatic hydroxyl groups excluding tert-OH is 1. The molecule has 0 radical (unpaired) electrons. The van der Waals surface area contributed by atoms with Gasteiger partial charge >= 0.3 is 0 Å². The van der Waals surface area contributed by atoms with Crippen LogP contribution in [0.25, 0.3) is 22.2 Å². The summed E-state index contributed by atoms with van der Waals surface area (Å²) in [4.78, 5) is 37.3. The lowest BCUT2D eigenvalue weighted by Gasteiger charge is -2.41. The van der Waals surface area contributed by atoms with Gasteiger partial charge in [-0.3, -0.25) is 24.8 Å². The maximum absolute atomic E-state index is 13.1. The van der Waals surface area contributed by atoms with Gasteiger partial charge in [-0.1, -0.05) is 84.9 Å². The van der Waals surface area contributed by atoms with Crippen molar-refractivity contribution in [3.05, 3.63) is 166 Å². The van der Waals surface area contributed by atoms with Gasteiger partial charge in [-0.25, -0.2) is 4.98 Å². The van der Waals surface area contributed by atoms with Gasteiger partial charge in [0.1, 0.15) is 5.69 Å². The number of non-ortho nitro benzene ring substituents is 1. The number of benzene rings is 5. The van der Waals surface area contributed by atoms with Gasteiger partial charge < -0.3 is 24.8 Å². The number of piperazine rings is 1. The van der Waals surface area contributed by atoms with E-state index in [0.717, 1.165) is 77.3 Å². The van der Waals surface area contributed by atoms with Gasteiger partial charge in [-0.2, -0.15) is 0 Å². The minimum atomic E-state index is -0.593. The second kappa shape index (κ2) is 16.8. The lowest BCUT2D eigenvalue weighted by atomic mass is 9.97. The van der Waals surface area contributed by atoms with Crippen molar-refractivity contribution >= 4 is 28.3 Å². The van der Waals surface area contributed by atoms with E-state index >= 15 is 0 Å². The molecule has 5 aromatic carbocycles. The third-order valence-electron chi connectivity index (χ3n) is 10.5. The molecular formula is C44H42N6O6. The number of carbonyl (C=O) groups is 1. The zero-order valence-electron chi connectivity index (χ0n) is 30.7. The molecule has 1 aromatic heterocycles. The topological polar surface area (TPSA) is 143 Å². The molecule has 12 heteroatoms. The van der Waals surface area contributed by atoms with Gasteiger partial charge in [-0.05, 0) is 52.1 Å². The molecule has 56 heavy (non-hydrogen) atoms. The Hall–Kier alpha value is -6.05. The predicted molar refractivity (Wildman–Crippen MR) is 213 cm³/mol. The van der Waals surface area contributed by atoms with E-state index in [2.05, 4.69) is 37.2 Å². The molecule has 0 saturated carbocycles. The number of ether oxygens (including phenoxy) is 2. The van der Waals surface area contributed by atoms with Crippen LogP contribution in [0.3, 0.4) is 0 Å². The molecule has 3 unspecified atom stereocenters. The number of aliphatic hydroxyl groups is 1. The molecule has 2 N–H and O–H groups in total. The molecule has 2 aliphatic rings. The molecule has 8 rings (SSSR count). The van der Waals surface area contributed by atoms with Crippen LogP contribution in [0.15, 0.2) is 128 Å². The summed E-state index contributed by atoms with van der Waals surface area (Å²) in [6, 6.07) is 38.3. The summed E-state index contributed by atoms with van der Waals surface area (Å²) in [6.07, 6.45) is 1.29. The van der Waals surface area contributed by atoms with Crippen LogP contribution in [-0.2, 0) is 22.6 Å². The Morgan fingerprint density at radius 1 is 0.821 bits per heavy atom. The van der Waals surface area contributed by atoms with Crippen LogP contribution in [0.5, 0.6) is 0 Å². The van der Waals surface area contributed by atoms with Gasteiger partial charge in [0, 0.05) is 69.1 Å². The molecule has 3 atom stereocenters. The highest BCUT2D eigenvalue weighted by Gasteiger charge is 2.34. The second-order valence-electron chi connectivity index (χ2n) is 14.1. The molecule has 0 aliphatic carbocycles. The zero-order chi connectivity index (χ0) is 38.4. The minimum absolute atomic E-state index is 0.0208. The van der Waals surface area contributed by atoms with E-state index in [1.807, 2.05) is 97.1 Å². The number of amides is 1. The van der Waals surface area contributed by atoms with Crippen molar-refractivity contribution < 1.29 is 24.3 Å². The normalized spacial score (nSPS) is 18.8. The molecule has 284 valence electrons. The molecule has 1 amide bonds. The van der Waals surface area contributed by atoms with Crippen LogP contribution in [0.1, 0.15) is 51.6 Å². The van der Waals surface area contributed by atoms with Gasteiger partial charge in [0.25, 0.3) is 11.6 Å². The number of anilines is 1. The number of nitro groups is 1. The Bertz CT molecular complexity index is 2300. The van der Waals surface area contributed by atoms with Crippen molar-refractivity contribution in [2.45, 2.75) is 38.1 Å². The lowest BCUT2D eigenvalue weighted by Crippen LogP contribution is -2.49. The summed E-state index contributed by atoms with van der Waals surface area (Å²) in [5.41, 5.74) is 8.49. The zero-order valence-corrected chi connectivity index (χ0v) is 30.7. The Morgan fingerprint density at radius 3 is 2.25 bits per heavy atom. The number of fused-ring (bicyclic) bond motifs is 1. The highest BCUT2D eigenvalue weighted by Crippen LogP contribution is 2.39. The molecule has 2 saturated heterocycles. The third kappa shape index (κ3) is 8.43. The Morgan fingerprint density at radius 2 is 1.52 bits per heavy atom. The summed E-state index contributed by atoms with van der Waals surface area (Å²) in [5, 5.41) is 23.7. The van der Waals surface area contributed by atoms with E-state index in [9.17, 15) is 20.0 Å². The van der Waals surface area contributed by atoms with Gasteiger partial charge in [0.05, 0.1) is 41.0 Å². The van der Waals surface area contributed by atoms with Crippen molar-refractivity contribution in [3.63, 3.8) is 0 Å². The lowest BCUT2D eigenvalue weighted by molar-refractivity contribution is -0.384. The highest BCUT2D eigenvalue weighted by atomic mass is 16.7. The first kappa shape index (κ1) is 36.9. The third-order valence-corrected chi connectivity index (χ3v) is 10.5. The second-order valence-corrected chi connectivity index (χ2v) is 14.1. The number of nitro benzene ring substituents is 1. The fraction of sp³-hybridized carbons (Fsp3) is 0.250. The Kier molecular flexibility index (Phi) is 11.0. The van der Waals surface area contributed by atoms with Crippen LogP contribution in [0.2, 0.25) is 0 Å². The first-order valence-corrected chi connectivity index (χ1v) is 18.8. The smallest absolute Gasteiger partial charge is 0.271 e. The molecule has 12 nitrogen and oxygen atoms in total. The average molecular weight is 751 g/mol. The summed E-state index contributed by atoms with van der Waals surface area (Å²) in [5.74, 6) is -0.290. The van der Waals surface area contributed by atoms with Gasteiger partial charge in [-0.15, -0.1) is 0 Å². The van der Waals surface area contributed by atoms with E-state index in [-0.39, 0.29) is 41.0 Å². The van der Waals surface area contributed by atoms with Crippen molar-refractivity contribution in [2.24, 2.45) is 0 Å². The predicted octanol–water partition coefficient (Wildman–Crippen LogP) is 6.99. The fourth-order valence-electron chi connectivity index (χ4n) is 7.40. The summed E-state index contributed by atoms with van der Waals surface area (Å²) in [7, 11) is 0. The van der Waals surface area contributed by atoms with Gasteiger partial charge in [0.15, 0.2) is 6.29 Å². The standard InChI is InChI=1S/C44H42N6O6/c51-29-30-9-11-32(12-10-30)42-25-37(28-48-21-23-49(24-22-48)35-17-19-36(20-18-35)50(53)54)55-44(56-42)33-15-13-31(14-16-33)38-6-2-1-5-34(38)26-46-43(52)41-27-45-39-7-3-4-8-40(39)47-41/h1-20,27,37,42,44,51H,21-26,28-29H2,(H,46,52). The van der Waals surface area contributed by atoms with Crippen molar-refractivity contribution in [1.29, 1.82) is 0 Å². The molecule has 6 aromatic rings. The van der Waals surface area contributed by atoms with E-state index in [4.69, 9.17) is 9.47 Å². The summed E-state index contributed by atoms with van der Waals surface area (Å²) in [6.45, 7) is 4.32. The number of para-hydroxylation sites is 2. The number of nitrogens with one attached hydrogen (secondary N) is 1. The van der Waals surface area contributed by atoms with E-state index in [1.165, 1.54) is 6.20 Å². The molecule has 2 fully saturated rings. The molecule has 0 bridgehead atoms. The minimum Gasteiger partial charge on any atom is -0.392 e. The largest absolute Gasteiger partial charge is 0.392 e. The first-order valence-electron chi connectivity index (χ1n) is 18.8. The van der Waals surface area contributed by atoms with Crippen LogP contribution in [-0.4, -0.2) is 69.6 Å². The van der Waals surface area contributed by atoms with Gasteiger partial charge in [0.2, 0.25) is 0 Å². The summed E-state index contributed by atoms with van der Waals surface area (Å²) >= 11 is 0. The van der Waals surface area contributed by atoms with E-state index in [0.29, 0.717) is 18.5 Å². The number of hydrogen-bond acceptors (Lipinski definition) is 10. The fourth-order valence-corrected chi connectivity index (χ4v) is 7.40. The molecule has 2 aliphatic heterocycles. The number of aromatic nitrogens is 2. The molecule has 0 spiro atoms. The van der Waals surface area contributed by atoms with Crippen LogP contribution in [0, 0.1) is 10.1 Å². The Labute approximate surface area is 324 Å². The maximum Gasteiger partial charge on any atom is 0.271 e. The maximum atomic E-state index is 13.1. The number of hydrogen-bond donors (Lipinski definition) is 2. The number of nitrogens with zero attached hydrogens (tertiary/aromatic N) is 5. The van der Waals surface area contributed by atoms with Crippen LogP contribution >= 0.6 is 0 Å². The number of carbonyl (C=O) groups excluding carboxylic acids is 1. The monoisotopic (exact) mass is 750 g/mol. The van der Waals surface area contributed by atoms with Crippen LogP contribution in [0.4, 0.5) is 11.4 Å². The number of rotatable bonds is 11. The SMILES string of the molecule is O=C(NCc1ccccc1-c1ccc(C2OC(CN3CCN(c4ccc([N+](=O)[O-])cc4)CC3)CC(c3ccc(CO)cc3)O2)cc1)c1cnc2ccccc2n1. The summed E-state index contributed by atoms with van der Waals surface area (Å²) < 4.78 is 13.3. The van der Waals surface area contributed by atoms with E-state index < -0.39 is 6.29 Å². The Balaban J connectivity index is 0.948. The highest BCUT2D eigenvalue weighted by molar-refractivity contribution is 5.93. The van der Waals surface area contributed by atoms with E-state index in [1.54, 1.807) is 12.1 Å². The van der Waals surface area contributed by atoms with Crippen LogP contribution < -0.4 is 10.2 Å². The molecular weight excluding hydrogens is 709 g/mol. The molecule has 3 heterocycles. The quantitative estimate of drug-likeness (QED) is 0.105.